The summed E-state index contributed by atoms with van der Waals surface area (Å²) in [6.07, 6.45) is 2.08. The molecule has 0 aromatic carbocycles. The summed E-state index contributed by atoms with van der Waals surface area (Å²) in [6, 6.07) is 0.576. The second-order valence-electron chi connectivity index (χ2n) is 3.21. The number of hydrogen-bond donors (Lipinski definition) is 2. The van der Waals surface area contributed by atoms with Crippen LogP contribution in [-0.4, -0.2) is 24.3 Å². The Morgan fingerprint density at radius 3 is 2.45 bits per heavy atom. The molecule has 0 spiro atoms. The lowest BCUT2D eigenvalue weighted by Crippen LogP contribution is -2.32. The molecule has 0 aromatic heterocycles. The molecule has 0 heterocycles. The molecule has 0 radical (unpaired) electrons. The van der Waals surface area contributed by atoms with Crippen molar-refractivity contribution < 1.29 is 5.11 Å². The van der Waals surface area contributed by atoms with Crippen molar-refractivity contribution >= 4 is 0 Å². The smallest absolute Gasteiger partial charge is 0.0443 e. The molecule has 11 heavy (non-hydrogen) atoms. The van der Waals surface area contributed by atoms with Gasteiger partial charge in [0.1, 0.15) is 0 Å². The third-order valence-corrected chi connectivity index (χ3v) is 2.30. The molecule has 0 aromatic rings. The molecule has 2 nitrogen and oxygen atoms in total. The quantitative estimate of drug-likeness (QED) is 0.574. The zero-order chi connectivity index (χ0) is 8.69. The molecular formula is C9H21NO. The molecule has 0 unspecified atom stereocenters. The van der Waals surface area contributed by atoms with Crippen molar-refractivity contribution in [2.24, 2.45) is 5.92 Å². The Morgan fingerprint density at radius 2 is 2.00 bits per heavy atom. The molecule has 68 valence electrons. The van der Waals surface area contributed by atoms with E-state index in [0.717, 1.165) is 18.9 Å². The highest BCUT2D eigenvalue weighted by molar-refractivity contribution is 4.66. The van der Waals surface area contributed by atoms with Crippen molar-refractivity contribution in [3.05, 3.63) is 0 Å². The molecule has 2 atom stereocenters. The largest absolute Gasteiger partial charge is 0.396 e. The predicted octanol–water partition coefficient (Wildman–Crippen LogP) is 1.39. The minimum absolute atomic E-state index is 0.292. The highest BCUT2D eigenvalue weighted by Gasteiger charge is 2.07. The summed E-state index contributed by atoms with van der Waals surface area (Å²) in [7, 11) is 0. The molecule has 0 fully saturated rings. The maximum absolute atomic E-state index is 8.53. The van der Waals surface area contributed by atoms with E-state index in [9.17, 15) is 0 Å². The minimum Gasteiger partial charge on any atom is -0.396 e. The average Bonchev–Trinajstić information content (AvgIpc) is 2.03. The van der Waals surface area contributed by atoms with Crippen LogP contribution >= 0.6 is 0 Å². The fourth-order valence-corrected chi connectivity index (χ4v) is 0.964. The van der Waals surface area contributed by atoms with Crippen LogP contribution in [0.25, 0.3) is 0 Å². The van der Waals surface area contributed by atoms with Crippen LogP contribution in [0.5, 0.6) is 0 Å². The van der Waals surface area contributed by atoms with Gasteiger partial charge in [0.2, 0.25) is 0 Å². The number of rotatable bonds is 6. The highest BCUT2D eigenvalue weighted by atomic mass is 16.3. The molecule has 0 saturated heterocycles. The monoisotopic (exact) mass is 159 g/mol. The van der Waals surface area contributed by atoms with Gasteiger partial charge in [-0.2, -0.15) is 0 Å². The van der Waals surface area contributed by atoms with Gasteiger partial charge in [-0.3, -0.25) is 0 Å². The summed E-state index contributed by atoms with van der Waals surface area (Å²) < 4.78 is 0. The molecule has 0 aliphatic rings. The fourth-order valence-electron chi connectivity index (χ4n) is 0.964. The summed E-state index contributed by atoms with van der Waals surface area (Å²) in [5, 5.41) is 11.9. The van der Waals surface area contributed by atoms with Crippen LogP contribution in [0, 0.1) is 5.92 Å². The standard InChI is InChI=1S/C9H21NO/c1-4-8(2)9(3)10-6-5-7-11/h8-11H,4-7H2,1-3H3/t8-,9+/m1/s1. The van der Waals surface area contributed by atoms with Crippen LogP contribution in [0.1, 0.15) is 33.6 Å². The fraction of sp³-hybridized carbons (Fsp3) is 1.00. The summed E-state index contributed by atoms with van der Waals surface area (Å²) in [5.74, 6) is 0.730. The first-order chi connectivity index (χ1) is 5.22. The van der Waals surface area contributed by atoms with Gasteiger partial charge in [0.25, 0.3) is 0 Å². The zero-order valence-electron chi connectivity index (χ0n) is 7.93. The van der Waals surface area contributed by atoms with Gasteiger partial charge in [-0.25, -0.2) is 0 Å². The highest BCUT2D eigenvalue weighted by Crippen LogP contribution is 2.05. The van der Waals surface area contributed by atoms with Gasteiger partial charge < -0.3 is 10.4 Å². The van der Waals surface area contributed by atoms with Crippen molar-refractivity contribution in [2.75, 3.05) is 13.2 Å². The van der Waals surface area contributed by atoms with Gasteiger partial charge in [0.15, 0.2) is 0 Å². The minimum atomic E-state index is 0.292. The van der Waals surface area contributed by atoms with Crippen molar-refractivity contribution in [1.29, 1.82) is 0 Å². The Balaban J connectivity index is 3.28. The van der Waals surface area contributed by atoms with Gasteiger partial charge >= 0.3 is 0 Å². The van der Waals surface area contributed by atoms with Crippen LogP contribution in [0.3, 0.4) is 0 Å². The van der Waals surface area contributed by atoms with E-state index >= 15 is 0 Å². The average molecular weight is 159 g/mol. The van der Waals surface area contributed by atoms with E-state index in [4.69, 9.17) is 5.11 Å². The Labute approximate surface area is 70.0 Å². The second-order valence-corrected chi connectivity index (χ2v) is 3.21. The van der Waals surface area contributed by atoms with Gasteiger partial charge in [0.05, 0.1) is 0 Å². The Bertz CT molecular complexity index is 85.6. The molecule has 0 aliphatic carbocycles. The van der Waals surface area contributed by atoms with Gasteiger partial charge in [-0.15, -0.1) is 0 Å². The van der Waals surface area contributed by atoms with E-state index in [0.29, 0.717) is 12.6 Å². The number of nitrogens with one attached hydrogen (secondary N) is 1. The molecule has 2 heteroatoms. The second kappa shape index (κ2) is 6.62. The predicted molar refractivity (Wildman–Crippen MR) is 48.6 cm³/mol. The SMILES string of the molecule is CC[C@@H](C)[C@H](C)NCCCO. The molecular weight excluding hydrogens is 138 g/mol. The van der Waals surface area contributed by atoms with E-state index in [1.54, 1.807) is 0 Å². The molecule has 0 amide bonds. The molecule has 0 bridgehead atoms. The lowest BCUT2D eigenvalue weighted by atomic mass is 10.0. The first-order valence-electron chi connectivity index (χ1n) is 4.56. The van der Waals surface area contributed by atoms with Crippen molar-refractivity contribution in [2.45, 2.75) is 39.7 Å². The third-order valence-electron chi connectivity index (χ3n) is 2.30. The van der Waals surface area contributed by atoms with E-state index in [1.165, 1.54) is 6.42 Å². The van der Waals surface area contributed by atoms with Gasteiger partial charge in [0, 0.05) is 12.6 Å². The Hall–Kier alpha value is -0.0800. The van der Waals surface area contributed by atoms with E-state index in [1.807, 2.05) is 0 Å². The maximum Gasteiger partial charge on any atom is 0.0443 e. The molecule has 0 rings (SSSR count). The van der Waals surface area contributed by atoms with Gasteiger partial charge in [-0.05, 0) is 25.8 Å². The number of aliphatic hydroxyl groups is 1. The topological polar surface area (TPSA) is 32.3 Å². The lowest BCUT2D eigenvalue weighted by molar-refractivity contribution is 0.278. The number of aliphatic hydroxyl groups excluding tert-OH is 1. The van der Waals surface area contributed by atoms with Crippen LogP contribution < -0.4 is 5.32 Å². The third kappa shape index (κ3) is 5.22. The summed E-state index contributed by atoms with van der Waals surface area (Å²) in [6.45, 7) is 7.87. The van der Waals surface area contributed by atoms with Crippen molar-refractivity contribution in [1.82, 2.24) is 5.32 Å². The van der Waals surface area contributed by atoms with E-state index in [2.05, 4.69) is 26.1 Å². The van der Waals surface area contributed by atoms with Crippen LogP contribution in [0.2, 0.25) is 0 Å². The van der Waals surface area contributed by atoms with Crippen LogP contribution in [0.15, 0.2) is 0 Å². The summed E-state index contributed by atoms with van der Waals surface area (Å²) in [5.41, 5.74) is 0. The Kier molecular flexibility index (Phi) is 6.57. The van der Waals surface area contributed by atoms with Crippen molar-refractivity contribution in [3.8, 4) is 0 Å². The summed E-state index contributed by atoms with van der Waals surface area (Å²) >= 11 is 0. The zero-order valence-corrected chi connectivity index (χ0v) is 7.93. The summed E-state index contributed by atoms with van der Waals surface area (Å²) in [4.78, 5) is 0. The molecule has 0 saturated carbocycles. The van der Waals surface area contributed by atoms with Crippen LogP contribution in [-0.2, 0) is 0 Å². The van der Waals surface area contributed by atoms with Gasteiger partial charge in [-0.1, -0.05) is 20.3 Å². The lowest BCUT2D eigenvalue weighted by Gasteiger charge is -2.19. The Morgan fingerprint density at radius 1 is 1.36 bits per heavy atom. The number of hydrogen-bond acceptors (Lipinski definition) is 2. The molecule has 2 N–H and O–H groups in total. The first-order valence-corrected chi connectivity index (χ1v) is 4.56. The van der Waals surface area contributed by atoms with Crippen molar-refractivity contribution in [3.63, 3.8) is 0 Å². The van der Waals surface area contributed by atoms with E-state index in [-0.39, 0.29) is 0 Å². The normalized spacial score (nSPS) is 16.4. The first kappa shape index (κ1) is 10.9. The van der Waals surface area contributed by atoms with Crippen LogP contribution in [0.4, 0.5) is 0 Å². The molecule has 0 aliphatic heterocycles. The maximum atomic E-state index is 8.53. The van der Waals surface area contributed by atoms with E-state index < -0.39 is 0 Å².